The Labute approximate surface area is 112 Å². The lowest BCUT2D eigenvalue weighted by Gasteiger charge is -2.32. The zero-order valence-corrected chi connectivity index (χ0v) is 10.7. The van der Waals surface area contributed by atoms with Crippen molar-refractivity contribution in [3.05, 3.63) is 22.7 Å². The lowest BCUT2D eigenvalue weighted by molar-refractivity contribution is -0.154. The van der Waals surface area contributed by atoms with Crippen LogP contribution in [0.5, 0.6) is 0 Å². The highest BCUT2D eigenvalue weighted by atomic mass is 19.3. The Morgan fingerprint density at radius 3 is 2.65 bits per heavy atom. The van der Waals surface area contributed by atoms with E-state index in [1.165, 1.54) is 6.07 Å². The van der Waals surface area contributed by atoms with Crippen LogP contribution in [-0.4, -0.2) is 45.0 Å². The highest BCUT2D eigenvalue weighted by Gasteiger charge is 2.67. The van der Waals surface area contributed by atoms with Crippen LogP contribution >= 0.6 is 0 Å². The third-order valence-corrected chi connectivity index (χ3v) is 3.67. The number of aliphatic hydroxyl groups excluding tert-OH is 2. The van der Waals surface area contributed by atoms with Crippen LogP contribution in [0.1, 0.15) is 13.2 Å². The molecule has 1 aliphatic rings. The topological polar surface area (TPSA) is 111 Å². The van der Waals surface area contributed by atoms with E-state index in [0.717, 1.165) is 13.1 Å². The number of rotatable bonds is 3. The molecule has 2 rings (SSSR count). The summed E-state index contributed by atoms with van der Waals surface area (Å²) in [4.78, 5) is 15.0. The second-order valence-electron chi connectivity index (χ2n) is 4.90. The molecule has 1 aromatic rings. The van der Waals surface area contributed by atoms with E-state index < -0.39 is 42.6 Å². The molecule has 0 amide bonds. The van der Waals surface area contributed by atoms with Crippen molar-refractivity contribution in [2.24, 2.45) is 5.41 Å². The van der Waals surface area contributed by atoms with Crippen LogP contribution in [-0.2, 0) is 4.74 Å². The number of aromatic nitrogens is 2. The van der Waals surface area contributed by atoms with E-state index in [1.54, 1.807) is 0 Å². The van der Waals surface area contributed by atoms with E-state index in [9.17, 15) is 18.7 Å². The number of ether oxygens (including phenoxy) is 1. The van der Waals surface area contributed by atoms with Gasteiger partial charge in [-0.3, -0.25) is 4.57 Å². The molecular weight excluding hydrogens is 276 g/mol. The highest BCUT2D eigenvalue weighted by Crippen LogP contribution is 2.54. The van der Waals surface area contributed by atoms with E-state index in [1.807, 2.05) is 0 Å². The van der Waals surface area contributed by atoms with E-state index in [0.29, 0.717) is 4.57 Å². The van der Waals surface area contributed by atoms with Gasteiger partial charge in [0.2, 0.25) is 6.23 Å². The van der Waals surface area contributed by atoms with Crippen LogP contribution in [0.25, 0.3) is 0 Å². The molecule has 1 aliphatic heterocycles. The highest BCUT2D eigenvalue weighted by molar-refractivity contribution is 5.24. The monoisotopic (exact) mass is 291 g/mol. The van der Waals surface area contributed by atoms with Gasteiger partial charge in [-0.1, -0.05) is 0 Å². The van der Waals surface area contributed by atoms with Crippen molar-refractivity contribution in [1.82, 2.24) is 9.55 Å². The maximum atomic E-state index is 14.4. The lowest BCUT2D eigenvalue weighted by atomic mass is 9.80. The number of nitrogens with zero attached hydrogens (tertiary/aromatic N) is 2. The Balaban J connectivity index is 2.51. The van der Waals surface area contributed by atoms with E-state index in [4.69, 9.17) is 15.6 Å². The standard InChI is InChI=1S/C11H15F2N3O4/c1-10(5-18)6(4-17)20-8(11(10,12)13)16-3-2-7(14)15-9(16)19/h2-3,6,8,17-18H,4-5H2,1H3,(H2,14,15,19)/t6-,8-,10?/m1/s1. The molecule has 0 radical (unpaired) electrons. The average Bonchev–Trinajstić information content (AvgIpc) is 2.59. The zero-order valence-electron chi connectivity index (χ0n) is 10.7. The van der Waals surface area contributed by atoms with Gasteiger partial charge in [-0.05, 0) is 13.0 Å². The summed E-state index contributed by atoms with van der Waals surface area (Å²) in [6, 6.07) is 1.18. The summed E-state index contributed by atoms with van der Waals surface area (Å²) >= 11 is 0. The number of hydrogen-bond donors (Lipinski definition) is 3. The van der Waals surface area contributed by atoms with Gasteiger partial charge in [-0.15, -0.1) is 0 Å². The van der Waals surface area contributed by atoms with Crippen LogP contribution in [0.2, 0.25) is 0 Å². The fraction of sp³-hybridized carbons (Fsp3) is 0.636. The molecule has 9 heteroatoms. The first-order valence-electron chi connectivity index (χ1n) is 5.87. The third kappa shape index (κ3) is 1.89. The SMILES string of the molecule is CC1(CO)[C@@H](CO)O[C@@H](n2ccc(N)nc2=O)C1(F)F. The smallest absolute Gasteiger partial charge is 0.351 e. The quantitative estimate of drug-likeness (QED) is 0.682. The predicted molar refractivity (Wildman–Crippen MR) is 64.0 cm³/mol. The van der Waals surface area contributed by atoms with Gasteiger partial charge in [0.05, 0.1) is 24.7 Å². The van der Waals surface area contributed by atoms with Gasteiger partial charge in [0.25, 0.3) is 0 Å². The molecule has 3 atom stereocenters. The van der Waals surface area contributed by atoms with Crippen molar-refractivity contribution in [3.8, 4) is 0 Å². The lowest BCUT2D eigenvalue weighted by Crippen LogP contribution is -2.48. The van der Waals surface area contributed by atoms with Crippen molar-refractivity contribution in [2.75, 3.05) is 18.9 Å². The van der Waals surface area contributed by atoms with Gasteiger partial charge in [0.15, 0.2) is 0 Å². The van der Waals surface area contributed by atoms with E-state index >= 15 is 0 Å². The van der Waals surface area contributed by atoms with Crippen LogP contribution < -0.4 is 11.4 Å². The van der Waals surface area contributed by atoms with Crippen molar-refractivity contribution in [1.29, 1.82) is 0 Å². The number of nitrogens with two attached hydrogens (primary N) is 1. The minimum Gasteiger partial charge on any atom is -0.395 e. The number of hydrogen-bond acceptors (Lipinski definition) is 6. The maximum absolute atomic E-state index is 14.4. The number of anilines is 1. The molecule has 2 heterocycles. The van der Waals surface area contributed by atoms with Crippen molar-refractivity contribution in [2.45, 2.75) is 25.2 Å². The molecule has 0 spiro atoms. The molecule has 1 aromatic heterocycles. The summed E-state index contributed by atoms with van der Waals surface area (Å²) in [5.41, 5.74) is 2.30. The van der Waals surface area contributed by atoms with Gasteiger partial charge in [-0.2, -0.15) is 4.98 Å². The Morgan fingerprint density at radius 1 is 1.55 bits per heavy atom. The van der Waals surface area contributed by atoms with Crippen LogP contribution in [0.4, 0.5) is 14.6 Å². The Morgan fingerprint density at radius 2 is 2.20 bits per heavy atom. The van der Waals surface area contributed by atoms with Gasteiger partial charge in [-0.25, -0.2) is 13.6 Å². The third-order valence-electron chi connectivity index (χ3n) is 3.67. The van der Waals surface area contributed by atoms with Crippen LogP contribution in [0, 0.1) is 5.41 Å². The molecule has 0 saturated carbocycles. The minimum absolute atomic E-state index is 0.101. The molecule has 20 heavy (non-hydrogen) atoms. The fourth-order valence-electron chi connectivity index (χ4n) is 2.18. The first kappa shape index (κ1) is 14.8. The molecule has 1 unspecified atom stereocenters. The summed E-state index contributed by atoms with van der Waals surface area (Å²) in [5, 5.41) is 18.4. The van der Waals surface area contributed by atoms with Crippen molar-refractivity contribution < 1.29 is 23.7 Å². The molecule has 1 fully saturated rings. The number of halogens is 2. The second kappa shape index (κ2) is 4.76. The van der Waals surface area contributed by atoms with Gasteiger partial charge in [0.1, 0.15) is 5.82 Å². The minimum atomic E-state index is -3.57. The normalized spacial score (nSPS) is 32.5. The Bertz CT molecular complexity index is 565. The number of alkyl halides is 2. The number of nitrogen functional groups attached to an aromatic ring is 1. The predicted octanol–water partition coefficient (Wildman–Crippen LogP) is -0.651. The summed E-state index contributed by atoms with van der Waals surface area (Å²) in [5.74, 6) is -3.67. The van der Waals surface area contributed by atoms with Crippen molar-refractivity contribution >= 4 is 5.82 Å². The maximum Gasteiger partial charge on any atom is 0.351 e. The Kier molecular flexibility index (Phi) is 3.53. The Hall–Kier alpha value is -1.58. The van der Waals surface area contributed by atoms with Crippen molar-refractivity contribution in [3.63, 3.8) is 0 Å². The average molecular weight is 291 g/mol. The summed E-state index contributed by atoms with van der Waals surface area (Å²) in [6.07, 6.45) is -2.23. The molecule has 1 saturated heterocycles. The first-order chi connectivity index (χ1) is 9.27. The summed E-state index contributed by atoms with van der Waals surface area (Å²) in [6.45, 7) is -0.525. The largest absolute Gasteiger partial charge is 0.395 e. The second-order valence-corrected chi connectivity index (χ2v) is 4.90. The zero-order chi connectivity index (χ0) is 15.1. The van der Waals surface area contributed by atoms with Gasteiger partial charge >= 0.3 is 11.6 Å². The van der Waals surface area contributed by atoms with E-state index in [2.05, 4.69) is 4.98 Å². The molecule has 0 bridgehead atoms. The van der Waals surface area contributed by atoms with Crippen LogP contribution in [0.15, 0.2) is 17.1 Å². The molecule has 112 valence electrons. The molecular formula is C11H15F2N3O4. The first-order valence-corrected chi connectivity index (χ1v) is 5.87. The fourth-order valence-corrected chi connectivity index (χ4v) is 2.18. The van der Waals surface area contributed by atoms with Gasteiger partial charge < -0.3 is 20.7 Å². The van der Waals surface area contributed by atoms with Gasteiger partial charge in [0, 0.05) is 6.20 Å². The van der Waals surface area contributed by atoms with E-state index in [-0.39, 0.29) is 5.82 Å². The number of aliphatic hydroxyl groups is 2. The molecule has 4 N–H and O–H groups in total. The molecule has 0 aliphatic carbocycles. The summed E-state index contributed by atoms with van der Waals surface area (Å²) < 4.78 is 34.6. The van der Waals surface area contributed by atoms with Crippen LogP contribution in [0.3, 0.4) is 0 Å². The molecule has 0 aromatic carbocycles. The summed E-state index contributed by atoms with van der Waals surface area (Å²) in [7, 11) is 0. The molecule has 7 nitrogen and oxygen atoms in total.